The molecule has 1 N–H and O–H groups in total. The lowest BCUT2D eigenvalue weighted by molar-refractivity contribution is 0.415. The Morgan fingerprint density at radius 2 is 1.54 bits per heavy atom. The second-order valence-corrected chi connectivity index (χ2v) is 8.74. The third-order valence-electron chi connectivity index (χ3n) is 4.57. The molecule has 0 aliphatic rings. The van der Waals surface area contributed by atoms with Crippen molar-refractivity contribution in [2.24, 2.45) is 0 Å². The zero-order valence-corrected chi connectivity index (χ0v) is 16.6. The van der Waals surface area contributed by atoms with Gasteiger partial charge in [0.15, 0.2) is 0 Å². The third-order valence-corrected chi connectivity index (χ3v) is 4.57. The van der Waals surface area contributed by atoms with E-state index in [4.69, 9.17) is 4.74 Å². The Labute approximate surface area is 154 Å². The number of phenols is 1. The van der Waals surface area contributed by atoms with E-state index in [1.807, 2.05) is 24.3 Å². The number of aromatic nitrogens is 3. The minimum absolute atomic E-state index is 0.0573. The first-order valence-corrected chi connectivity index (χ1v) is 8.80. The van der Waals surface area contributed by atoms with Crippen molar-refractivity contribution in [1.29, 1.82) is 0 Å². The first-order valence-electron chi connectivity index (χ1n) is 8.80. The molecular weight excluding hydrogens is 326 g/mol. The average molecular weight is 353 g/mol. The van der Waals surface area contributed by atoms with Crippen molar-refractivity contribution in [3.8, 4) is 17.2 Å². The Hall–Kier alpha value is -2.56. The zero-order valence-electron chi connectivity index (χ0n) is 16.6. The maximum Gasteiger partial charge on any atom is 0.146 e. The highest BCUT2D eigenvalue weighted by molar-refractivity contribution is 5.76. The molecular formula is C21H27N3O2. The number of fused-ring (bicyclic) bond motifs is 1. The maximum atomic E-state index is 11.0. The van der Waals surface area contributed by atoms with Crippen molar-refractivity contribution < 1.29 is 9.84 Å². The molecule has 0 spiro atoms. The lowest BCUT2D eigenvalue weighted by atomic mass is 9.80. The van der Waals surface area contributed by atoms with Crippen molar-refractivity contribution in [3.05, 3.63) is 41.5 Å². The quantitative estimate of drug-likeness (QED) is 0.723. The van der Waals surface area contributed by atoms with Gasteiger partial charge >= 0.3 is 0 Å². The second-order valence-electron chi connectivity index (χ2n) is 8.74. The van der Waals surface area contributed by atoms with Gasteiger partial charge in [-0.3, -0.25) is 0 Å². The number of hydrogen-bond donors (Lipinski definition) is 1. The van der Waals surface area contributed by atoms with Crippen LogP contribution in [-0.2, 0) is 10.8 Å². The monoisotopic (exact) mass is 353 g/mol. The number of benzene rings is 2. The van der Waals surface area contributed by atoms with E-state index in [9.17, 15) is 5.11 Å². The molecule has 0 bridgehead atoms. The van der Waals surface area contributed by atoms with Crippen LogP contribution in [0.5, 0.6) is 11.5 Å². The van der Waals surface area contributed by atoms with Crippen LogP contribution in [0.25, 0.3) is 16.7 Å². The number of ether oxygens (including phenoxy) is 1. The van der Waals surface area contributed by atoms with Crippen LogP contribution in [0.4, 0.5) is 0 Å². The molecule has 5 nitrogen and oxygen atoms in total. The van der Waals surface area contributed by atoms with E-state index < -0.39 is 0 Å². The van der Waals surface area contributed by atoms with E-state index in [1.54, 1.807) is 7.11 Å². The van der Waals surface area contributed by atoms with Gasteiger partial charge in [0.25, 0.3) is 0 Å². The van der Waals surface area contributed by atoms with Crippen molar-refractivity contribution >= 4 is 11.0 Å². The standard InChI is InChI=1S/C21H27N3O2/c1-20(2,3)13-10-15(21(4,5)6)19(25)18(11-13)24-22-16-9-8-14(26-7)12-17(16)23-24/h8-12,25H,1-7H3. The number of methoxy groups -OCH3 is 1. The number of rotatable bonds is 2. The molecule has 0 amide bonds. The number of phenolic OH excluding ortho intramolecular Hbond substituents is 1. The Bertz CT molecular complexity index is 960. The van der Waals surface area contributed by atoms with Gasteiger partial charge in [-0.2, -0.15) is 0 Å². The van der Waals surface area contributed by atoms with Crippen LogP contribution in [-0.4, -0.2) is 27.2 Å². The van der Waals surface area contributed by atoms with Crippen LogP contribution in [0, 0.1) is 0 Å². The van der Waals surface area contributed by atoms with E-state index >= 15 is 0 Å². The van der Waals surface area contributed by atoms with E-state index in [0.29, 0.717) is 5.69 Å². The highest BCUT2D eigenvalue weighted by Crippen LogP contribution is 2.39. The van der Waals surface area contributed by atoms with E-state index in [2.05, 4.69) is 57.8 Å². The van der Waals surface area contributed by atoms with E-state index in [-0.39, 0.29) is 16.6 Å². The summed E-state index contributed by atoms with van der Waals surface area (Å²) < 4.78 is 5.26. The zero-order chi connectivity index (χ0) is 19.3. The molecule has 2 aromatic carbocycles. The summed E-state index contributed by atoms with van der Waals surface area (Å²) in [5.41, 5.74) is 3.84. The number of aromatic hydroxyl groups is 1. The SMILES string of the molecule is COc1ccc2nn(-c3cc(C(C)(C)C)cc(C(C)(C)C)c3O)nc2c1. The Morgan fingerprint density at radius 3 is 2.12 bits per heavy atom. The Kier molecular flexibility index (Phi) is 4.21. The number of nitrogens with zero attached hydrogens (tertiary/aromatic N) is 3. The van der Waals surface area contributed by atoms with Crippen LogP contribution >= 0.6 is 0 Å². The Balaban J connectivity index is 2.26. The van der Waals surface area contributed by atoms with Gasteiger partial charge in [0.2, 0.25) is 0 Å². The maximum absolute atomic E-state index is 11.0. The van der Waals surface area contributed by atoms with Gasteiger partial charge in [0, 0.05) is 11.6 Å². The van der Waals surface area contributed by atoms with Crippen LogP contribution in [0.15, 0.2) is 30.3 Å². The summed E-state index contributed by atoms with van der Waals surface area (Å²) in [6, 6.07) is 9.63. The summed E-state index contributed by atoms with van der Waals surface area (Å²) >= 11 is 0. The predicted molar refractivity (Wildman–Crippen MR) is 104 cm³/mol. The lowest BCUT2D eigenvalue weighted by Crippen LogP contribution is -2.18. The lowest BCUT2D eigenvalue weighted by Gasteiger charge is -2.27. The fourth-order valence-corrected chi connectivity index (χ4v) is 2.91. The highest BCUT2D eigenvalue weighted by Gasteiger charge is 2.26. The van der Waals surface area contributed by atoms with Gasteiger partial charge < -0.3 is 9.84 Å². The third kappa shape index (κ3) is 3.26. The van der Waals surface area contributed by atoms with Crippen molar-refractivity contribution in [3.63, 3.8) is 0 Å². The van der Waals surface area contributed by atoms with Gasteiger partial charge in [-0.25, -0.2) is 0 Å². The molecule has 0 radical (unpaired) electrons. The molecule has 26 heavy (non-hydrogen) atoms. The molecule has 138 valence electrons. The predicted octanol–water partition coefficient (Wildman–Crippen LogP) is 4.73. The smallest absolute Gasteiger partial charge is 0.146 e. The minimum Gasteiger partial charge on any atom is -0.505 e. The van der Waals surface area contributed by atoms with Gasteiger partial charge in [-0.05, 0) is 34.6 Å². The molecule has 0 aliphatic carbocycles. The summed E-state index contributed by atoms with van der Waals surface area (Å²) in [4.78, 5) is 1.52. The molecule has 3 rings (SSSR count). The largest absolute Gasteiger partial charge is 0.505 e. The molecule has 3 aromatic rings. The molecule has 0 fully saturated rings. The van der Waals surface area contributed by atoms with Gasteiger partial charge in [0.05, 0.1) is 7.11 Å². The Morgan fingerprint density at radius 1 is 0.885 bits per heavy atom. The fourth-order valence-electron chi connectivity index (χ4n) is 2.91. The van der Waals surface area contributed by atoms with Crippen molar-refractivity contribution in [2.75, 3.05) is 7.11 Å². The van der Waals surface area contributed by atoms with Crippen molar-refractivity contribution in [1.82, 2.24) is 15.0 Å². The average Bonchev–Trinajstić information content (AvgIpc) is 2.95. The molecule has 0 aliphatic heterocycles. The molecule has 0 saturated heterocycles. The molecule has 0 unspecified atom stereocenters. The van der Waals surface area contributed by atoms with Gasteiger partial charge in [0.1, 0.15) is 28.2 Å². The first kappa shape index (κ1) is 18.2. The van der Waals surface area contributed by atoms with Crippen LogP contribution in [0.2, 0.25) is 0 Å². The van der Waals surface area contributed by atoms with Crippen molar-refractivity contribution in [2.45, 2.75) is 52.4 Å². The van der Waals surface area contributed by atoms with E-state index in [1.165, 1.54) is 4.80 Å². The number of hydrogen-bond acceptors (Lipinski definition) is 4. The van der Waals surface area contributed by atoms with Crippen LogP contribution in [0.3, 0.4) is 0 Å². The minimum atomic E-state index is -0.199. The summed E-state index contributed by atoms with van der Waals surface area (Å²) in [6.45, 7) is 12.8. The van der Waals surface area contributed by atoms with E-state index in [0.717, 1.165) is 27.9 Å². The molecule has 0 saturated carbocycles. The van der Waals surface area contributed by atoms with Gasteiger partial charge in [-0.15, -0.1) is 15.0 Å². The highest BCUT2D eigenvalue weighted by atomic mass is 16.5. The van der Waals surface area contributed by atoms with Crippen LogP contribution < -0.4 is 4.74 Å². The molecule has 1 heterocycles. The summed E-state index contributed by atoms with van der Waals surface area (Å²) in [7, 11) is 1.62. The normalized spacial score (nSPS) is 12.6. The van der Waals surface area contributed by atoms with Crippen LogP contribution in [0.1, 0.15) is 52.7 Å². The second kappa shape index (κ2) is 6.01. The molecule has 5 heteroatoms. The summed E-state index contributed by atoms with van der Waals surface area (Å²) in [5, 5.41) is 20.1. The summed E-state index contributed by atoms with van der Waals surface area (Å²) in [5.74, 6) is 0.949. The fraction of sp³-hybridized carbons (Fsp3) is 0.429. The molecule has 1 aromatic heterocycles. The van der Waals surface area contributed by atoms with Gasteiger partial charge in [-0.1, -0.05) is 47.6 Å². The topological polar surface area (TPSA) is 60.2 Å². The first-order chi connectivity index (χ1) is 12.0. The molecule has 0 atom stereocenters. The summed E-state index contributed by atoms with van der Waals surface area (Å²) in [6.07, 6.45) is 0.